The summed E-state index contributed by atoms with van der Waals surface area (Å²) in [7, 11) is 0. The predicted molar refractivity (Wildman–Crippen MR) is 120 cm³/mol. The molecule has 1 heterocycles. The van der Waals surface area contributed by atoms with Crippen molar-refractivity contribution in [2.75, 3.05) is 48.4 Å². The van der Waals surface area contributed by atoms with Crippen LogP contribution in [0.25, 0.3) is 0 Å². The van der Waals surface area contributed by atoms with E-state index in [1.54, 1.807) is 6.07 Å². The maximum atomic E-state index is 12.3. The van der Waals surface area contributed by atoms with Crippen LogP contribution >= 0.6 is 0 Å². The predicted octanol–water partition coefficient (Wildman–Crippen LogP) is 3.02. The maximum Gasteiger partial charge on any atom is 0.251 e. The van der Waals surface area contributed by atoms with Crippen molar-refractivity contribution in [2.45, 2.75) is 26.8 Å². The number of benzene rings is 2. The van der Waals surface area contributed by atoms with Crippen molar-refractivity contribution in [2.24, 2.45) is 0 Å². The number of aryl methyl sites for hydroxylation is 1. The van der Waals surface area contributed by atoms with Crippen molar-refractivity contribution in [3.05, 3.63) is 53.6 Å². The largest absolute Gasteiger partial charge is 0.378 e. The van der Waals surface area contributed by atoms with Crippen molar-refractivity contribution in [1.82, 2.24) is 5.32 Å². The monoisotopic (exact) mass is 410 g/mol. The van der Waals surface area contributed by atoms with Crippen LogP contribution in [-0.4, -0.2) is 50.7 Å². The van der Waals surface area contributed by atoms with E-state index < -0.39 is 0 Å². The molecule has 160 valence electrons. The molecule has 3 rings (SSSR count). The molecule has 1 saturated heterocycles. The van der Waals surface area contributed by atoms with Crippen molar-refractivity contribution in [3.8, 4) is 0 Å². The Morgan fingerprint density at radius 2 is 1.77 bits per heavy atom. The van der Waals surface area contributed by atoms with E-state index in [2.05, 4.69) is 20.9 Å². The molecule has 0 bridgehead atoms. The zero-order valence-corrected chi connectivity index (χ0v) is 17.8. The Hall–Kier alpha value is -3.06. The molecule has 3 N–H and O–H groups in total. The zero-order valence-electron chi connectivity index (χ0n) is 17.8. The number of morpholine rings is 1. The first kappa shape index (κ1) is 21.6. The molecule has 7 heteroatoms. The van der Waals surface area contributed by atoms with E-state index in [1.807, 2.05) is 57.2 Å². The molecule has 0 atom stereocenters. The zero-order chi connectivity index (χ0) is 21.5. The van der Waals surface area contributed by atoms with Crippen LogP contribution in [0.15, 0.2) is 42.5 Å². The van der Waals surface area contributed by atoms with Gasteiger partial charge in [-0.25, -0.2) is 0 Å². The summed E-state index contributed by atoms with van der Waals surface area (Å²) in [4.78, 5) is 26.7. The second kappa shape index (κ2) is 10.1. The van der Waals surface area contributed by atoms with E-state index in [0.717, 1.165) is 48.9 Å². The minimum atomic E-state index is -0.129. The van der Waals surface area contributed by atoms with E-state index in [9.17, 15) is 9.59 Å². The van der Waals surface area contributed by atoms with Crippen molar-refractivity contribution < 1.29 is 14.3 Å². The molecule has 1 fully saturated rings. The van der Waals surface area contributed by atoms with E-state index in [1.165, 1.54) is 0 Å². The SMILES string of the molecule is Cc1cc(C(=O)NC(C)C)ccc1NCC(=O)Nc1ccc(N2CCOCC2)cc1. The van der Waals surface area contributed by atoms with E-state index in [4.69, 9.17) is 4.74 Å². The molecule has 0 aliphatic carbocycles. The molecule has 2 aromatic rings. The van der Waals surface area contributed by atoms with Gasteiger partial charge in [-0.3, -0.25) is 9.59 Å². The van der Waals surface area contributed by atoms with Gasteiger partial charge in [-0.1, -0.05) is 0 Å². The fourth-order valence-corrected chi connectivity index (χ4v) is 3.31. The topological polar surface area (TPSA) is 82.7 Å². The van der Waals surface area contributed by atoms with Gasteiger partial charge >= 0.3 is 0 Å². The summed E-state index contributed by atoms with van der Waals surface area (Å²) in [5.41, 5.74) is 4.24. The standard InChI is InChI=1S/C23H30N4O3/c1-16(2)25-23(29)18-4-9-21(17(3)14-18)24-15-22(28)26-19-5-7-20(8-6-19)27-10-12-30-13-11-27/h4-9,14,16,24H,10-13,15H2,1-3H3,(H,25,29)(H,26,28). The van der Waals surface area contributed by atoms with Crippen LogP contribution < -0.4 is 20.9 Å². The smallest absolute Gasteiger partial charge is 0.251 e. The molecular weight excluding hydrogens is 380 g/mol. The number of carbonyl (C=O) groups is 2. The number of nitrogens with one attached hydrogen (secondary N) is 3. The Morgan fingerprint density at radius 1 is 1.07 bits per heavy atom. The lowest BCUT2D eigenvalue weighted by Gasteiger charge is -2.28. The number of ether oxygens (including phenoxy) is 1. The summed E-state index contributed by atoms with van der Waals surface area (Å²) in [5, 5.41) is 8.92. The third-order valence-corrected chi connectivity index (χ3v) is 4.88. The average molecular weight is 411 g/mol. The normalized spacial score (nSPS) is 13.8. The van der Waals surface area contributed by atoms with Gasteiger partial charge < -0.3 is 25.6 Å². The quantitative estimate of drug-likeness (QED) is 0.654. The molecule has 1 aliphatic rings. The van der Waals surface area contributed by atoms with Gasteiger partial charge in [-0.2, -0.15) is 0 Å². The lowest BCUT2D eigenvalue weighted by Crippen LogP contribution is -2.36. The van der Waals surface area contributed by atoms with Crippen LogP contribution in [0, 0.1) is 6.92 Å². The molecule has 0 saturated carbocycles. The molecule has 0 aromatic heterocycles. The summed E-state index contributed by atoms with van der Waals surface area (Å²) in [6.07, 6.45) is 0. The number of carbonyl (C=O) groups excluding carboxylic acids is 2. The Morgan fingerprint density at radius 3 is 2.40 bits per heavy atom. The maximum absolute atomic E-state index is 12.3. The van der Waals surface area contributed by atoms with Gasteiger partial charge in [0.2, 0.25) is 5.91 Å². The number of rotatable bonds is 7. The highest BCUT2D eigenvalue weighted by atomic mass is 16.5. The summed E-state index contributed by atoms with van der Waals surface area (Å²) < 4.78 is 5.38. The van der Waals surface area contributed by atoms with Crippen LogP contribution in [0.3, 0.4) is 0 Å². The third kappa shape index (κ3) is 5.97. The fourth-order valence-electron chi connectivity index (χ4n) is 3.31. The molecule has 7 nitrogen and oxygen atoms in total. The Bertz CT molecular complexity index is 875. The van der Waals surface area contributed by atoms with Gasteiger partial charge in [0.05, 0.1) is 19.8 Å². The molecule has 0 radical (unpaired) electrons. The lowest BCUT2D eigenvalue weighted by molar-refractivity contribution is -0.114. The Balaban J connectivity index is 1.51. The van der Waals surface area contributed by atoms with E-state index >= 15 is 0 Å². The molecular formula is C23H30N4O3. The van der Waals surface area contributed by atoms with Gasteiger partial charge in [-0.15, -0.1) is 0 Å². The van der Waals surface area contributed by atoms with Crippen LogP contribution in [0.1, 0.15) is 29.8 Å². The molecule has 30 heavy (non-hydrogen) atoms. The summed E-state index contributed by atoms with van der Waals surface area (Å²) in [6, 6.07) is 13.3. The van der Waals surface area contributed by atoms with Crippen LogP contribution in [0.2, 0.25) is 0 Å². The van der Waals surface area contributed by atoms with Crippen molar-refractivity contribution >= 4 is 28.9 Å². The third-order valence-electron chi connectivity index (χ3n) is 4.88. The molecule has 1 aliphatic heterocycles. The number of anilines is 3. The number of hydrogen-bond acceptors (Lipinski definition) is 5. The van der Waals surface area contributed by atoms with Gasteiger partial charge in [0.15, 0.2) is 0 Å². The van der Waals surface area contributed by atoms with Crippen LogP contribution in [0.4, 0.5) is 17.1 Å². The number of hydrogen-bond donors (Lipinski definition) is 3. The number of nitrogens with zero attached hydrogens (tertiary/aromatic N) is 1. The first-order valence-corrected chi connectivity index (χ1v) is 10.3. The van der Waals surface area contributed by atoms with Gasteiger partial charge in [0.25, 0.3) is 5.91 Å². The highest BCUT2D eigenvalue weighted by Gasteiger charge is 2.12. The highest BCUT2D eigenvalue weighted by molar-refractivity contribution is 5.96. The highest BCUT2D eigenvalue weighted by Crippen LogP contribution is 2.19. The van der Waals surface area contributed by atoms with Crippen molar-refractivity contribution in [3.63, 3.8) is 0 Å². The van der Waals surface area contributed by atoms with Gasteiger partial charge in [0, 0.05) is 41.8 Å². The fraction of sp³-hybridized carbons (Fsp3) is 0.391. The first-order chi connectivity index (χ1) is 14.4. The van der Waals surface area contributed by atoms with Gasteiger partial charge in [-0.05, 0) is 68.8 Å². The van der Waals surface area contributed by atoms with Crippen LogP contribution in [-0.2, 0) is 9.53 Å². The van der Waals surface area contributed by atoms with E-state index in [0.29, 0.717) is 5.56 Å². The average Bonchev–Trinajstić information content (AvgIpc) is 2.73. The molecule has 2 amide bonds. The Kier molecular flexibility index (Phi) is 7.30. The minimum Gasteiger partial charge on any atom is -0.378 e. The number of amides is 2. The summed E-state index contributed by atoms with van der Waals surface area (Å²) in [5.74, 6) is -0.229. The van der Waals surface area contributed by atoms with Gasteiger partial charge in [0.1, 0.15) is 0 Å². The van der Waals surface area contributed by atoms with E-state index in [-0.39, 0.29) is 24.4 Å². The Labute approximate surface area is 177 Å². The second-order valence-electron chi connectivity index (χ2n) is 7.71. The molecule has 0 unspecified atom stereocenters. The molecule has 2 aromatic carbocycles. The van der Waals surface area contributed by atoms with Crippen molar-refractivity contribution in [1.29, 1.82) is 0 Å². The summed E-state index contributed by atoms with van der Waals surface area (Å²) in [6.45, 7) is 9.16. The second-order valence-corrected chi connectivity index (χ2v) is 7.71. The minimum absolute atomic E-state index is 0.0854. The molecule has 0 spiro atoms. The van der Waals surface area contributed by atoms with Crippen LogP contribution in [0.5, 0.6) is 0 Å². The first-order valence-electron chi connectivity index (χ1n) is 10.3. The lowest BCUT2D eigenvalue weighted by atomic mass is 10.1. The summed E-state index contributed by atoms with van der Waals surface area (Å²) >= 11 is 0.